The molecule has 0 spiro atoms. The van der Waals surface area contributed by atoms with Gasteiger partial charge in [-0.05, 0) is 6.92 Å². The second-order valence-corrected chi connectivity index (χ2v) is 2.16. The molecule has 0 aromatic carbocycles. The molecular weight excluding hydrogens is 130 g/mol. The van der Waals surface area contributed by atoms with Crippen molar-refractivity contribution in [2.75, 3.05) is 6.54 Å². The van der Waals surface area contributed by atoms with Crippen LogP contribution < -0.4 is 5.73 Å². The lowest BCUT2D eigenvalue weighted by atomic mass is 10.2. The van der Waals surface area contributed by atoms with Crippen LogP contribution in [0.1, 0.15) is 17.5 Å². The first-order valence-corrected chi connectivity index (χ1v) is 3.13. The second-order valence-electron chi connectivity index (χ2n) is 2.16. The molecule has 0 aliphatic heterocycles. The minimum absolute atomic E-state index is 0.214. The van der Waals surface area contributed by atoms with E-state index in [9.17, 15) is 5.11 Å². The van der Waals surface area contributed by atoms with Crippen molar-refractivity contribution >= 4 is 0 Å². The quantitative estimate of drug-likeness (QED) is 0.529. The molecule has 4 N–H and O–H groups in total. The van der Waals surface area contributed by atoms with Crippen LogP contribution in [0.15, 0.2) is 6.33 Å². The summed E-state index contributed by atoms with van der Waals surface area (Å²) in [4.78, 5) is 6.76. The Hall–Kier alpha value is -0.870. The number of hydrogen-bond acceptors (Lipinski definition) is 3. The topological polar surface area (TPSA) is 74.9 Å². The lowest BCUT2D eigenvalue weighted by molar-refractivity contribution is 0.181. The maximum atomic E-state index is 9.19. The third kappa shape index (κ3) is 1.17. The van der Waals surface area contributed by atoms with E-state index in [4.69, 9.17) is 5.73 Å². The van der Waals surface area contributed by atoms with E-state index < -0.39 is 6.10 Å². The first kappa shape index (κ1) is 7.24. The fourth-order valence-electron chi connectivity index (χ4n) is 0.817. The highest BCUT2D eigenvalue weighted by molar-refractivity contribution is 5.11. The van der Waals surface area contributed by atoms with Crippen LogP contribution in [0.25, 0.3) is 0 Å². The van der Waals surface area contributed by atoms with Gasteiger partial charge in [-0.25, -0.2) is 4.98 Å². The normalized spacial score (nSPS) is 13.5. The maximum absolute atomic E-state index is 9.19. The standard InChI is InChI=1S/C6H11N3O/c1-4-6(5(10)2-7)9-3-8-4/h3,5,10H,2,7H2,1H3,(H,8,9). The molecule has 0 fully saturated rings. The molecule has 0 amide bonds. The molecule has 4 nitrogen and oxygen atoms in total. The predicted octanol–water partition coefficient (Wildman–Crippen LogP) is -0.290. The molecule has 0 aliphatic carbocycles. The molecule has 0 aliphatic rings. The highest BCUT2D eigenvalue weighted by Crippen LogP contribution is 2.10. The van der Waals surface area contributed by atoms with Gasteiger partial charge in [0.2, 0.25) is 0 Å². The average Bonchev–Trinajstić information content (AvgIpc) is 2.34. The zero-order chi connectivity index (χ0) is 7.56. The molecule has 10 heavy (non-hydrogen) atoms. The van der Waals surface area contributed by atoms with Crippen molar-refractivity contribution in [3.05, 3.63) is 17.7 Å². The molecule has 1 aromatic heterocycles. The Morgan fingerprint density at radius 3 is 3.00 bits per heavy atom. The van der Waals surface area contributed by atoms with Gasteiger partial charge in [-0.15, -0.1) is 0 Å². The first-order chi connectivity index (χ1) is 4.75. The number of H-pyrrole nitrogens is 1. The van der Waals surface area contributed by atoms with Crippen LogP contribution in [-0.4, -0.2) is 21.6 Å². The van der Waals surface area contributed by atoms with Crippen molar-refractivity contribution in [1.82, 2.24) is 9.97 Å². The Kier molecular flexibility index (Phi) is 2.03. The highest BCUT2D eigenvalue weighted by Gasteiger charge is 2.09. The Balaban J connectivity index is 2.82. The van der Waals surface area contributed by atoms with Crippen LogP contribution in [-0.2, 0) is 0 Å². The van der Waals surface area contributed by atoms with Gasteiger partial charge in [-0.1, -0.05) is 0 Å². The van der Waals surface area contributed by atoms with Crippen LogP contribution in [0.2, 0.25) is 0 Å². The summed E-state index contributed by atoms with van der Waals surface area (Å²) in [6.07, 6.45) is 0.912. The lowest BCUT2D eigenvalue weighted by Crippen LogP contribution is -2.12. The van der Waals surface area contributed by atoms with Crippen molar-refractivity contribution in [1.29, 1.82) is 0 Å². The van der Waals surface area contributed by atoms with Gasteiger partial charge in [-0.3, -0.25) is 0 Å². The molecule has 0 saturated carbocycles. The van der Waals surface area contributed by atoms with Gasteiger partial charge in [0.05, 0.1) is 12.0 Å². The maximum Gasteiger partial charge on any atom is 0.110 e. The van der Waals surface area contributed by atoms with Crippen LogP contribution in [0, 0.1) is 6.92 Å². The van der Waals surface area contributed by atoms with E-state index in [1.54, 1.807) is 6.33 Å². The number of aliphatic hydroxyl groups is 1. The smallest absolute Gasteiger partial charge is 0.110 e. The zero-order valence-corrected chi connectivity index (χ0v) is 5.83. The first-order valence-electron chi connectivity index (χ1n) is 3.13. The van der Waals surface area contributed by atoms with E-state index >= 15 is 0 Å². The largest absolute Gasteiger partial charge is 0.385 e. The number of hydrogen-bond donors (Lipinski definition) is 3. The van der Waals surface area contributed by atoms with E-state index in [2.05, 4.69) is 9.97 Å². The number of aromatic nitrogens is 2. The average molecular weight is 141 g/mol. The van der Waals surface area contributed by atoms with Gasteiger partial charge in [0.25, 0.3) is 0 Å². The Labute approximate surface area is 59.1 Å². The van der Waals surface area contributed by atoms with E-state index in [1.807, 2.05) is 6.92 Å². The molecule has 0 radical (unpaired) electrons. The molecule has 0 saturated heterocycles. The molecule has 1 heterocycles. The minimum Gasteiger partial charge on any atom is -0.385 e. The van der Waals surface area contributed by atoms with Gasteiger partial charge in [0.15, 0.2) is 0 Å². The summed E-state index contributed by atoms with van der Waals surface area (Å²) in [5.41, 5.74) is 6.74. The molecule has 4 heteroatoms. The number of nitrogens with one attached hydrogen (secondary N) is 1. The van der Waals surface area contributed by atoms with Gasteiger partial charge in [0, 0.05) is 12.2 Å². The van der Waals surface area contributed by atoms with Crippen molar-refractivity contribution < 1.29 is 5.11 Å². The third-order valence-corrected chi connectivity index (χ3v) is 1.41. The fourth-order valence-corrected chi connectivity index (χ4v) is 0.817. The van der Waals surface area contributed by atoms with Crippen molar-refractivity contribution in [2.24, 2.45) is 5.73 Å². The summed E-state index contributed by atoms with van der Waals surface area (Å²) in [5, 5.41) is 9.19. The molecule has 1 rings (SSSR count). The lowest BCUT2D eigenvalue weighted by Gasteiger charge is -2.03. The number of rotatable bonds is 2. The van der Waals surface area contributed by atoms with Gasteiger partial charge >= 0.3 is 0 Å². The van der Waals surface area contributed by atoms with Crippen LogP contribution >= 0.6 is 0 Å². The second kappa shape index (κ2) is 2.81. The molecular formula is C6H11N3O. The SMILES string of the molecule is Cc1[nH]cnc1C(O)CN. The molecule has 0 bridgehead atoms. The van der Waals surface area contributed by atoms with Crippen LogP contribution in [0.5, 0.6) is 0 Å². The number of imidazole rings is 1. The zero-order valence-electron chi connectivity index (χ0n) is 5.83. The summed E-state index contributed by atoms with van der Waals surface area (Å²) in [6.45, 7) is 2.06. The van der Waals surface area contributed by atoms with E-state index in [-0.39, 0.29) is 6.54 Å². The van der Waals surface area contributed by atoms with E-state index in [0.717, 1.165) is 5.69 Å². The molecule has 56 valence electrons. The Morgan fingerprint density at radius 2 is 2.60 bits per heavy atom. The number of aryl methyl sites for hydroxylation is 1. The monoisotopic (exact) mass is 141 g/mol. The number of aliphatic hydroxyl groups excluding tert-OH is 1. The summed E-state index contributed by atoms with van der Waals surface area (Å²) in [6, 6.07) is 0. The van der Waals surface area contributed by atoms with Crippen LogP contribution in [0.3, 0.4) is 0 Å². The number of nitrogens with two attached hydrogens (primary N) is 1. The summed E-state index contributed by atoms with van der Waals surface area (Å²) >= 11 is 0. The minimum atomic E-state index is -0.633. The molecule has 1 atom stereocenters. The Bertz CT molecular complexity index is 209. The number of aromatic amines is 1. The van der Waals surface area contributed by atoms with Gasteiger partial charge < -0.3 is 15.8 Å². The predicted molar refractivity (Wildman–Crippen MR) is 37.3 cm³/mol. The van der Waals surface area contributed by atoms with E-state index in [0.29, 0.717) is 5.69 Å². The fraction of sp³-hybridized carbons (Fsp3) is 0.500. The van der Waals surface area contributed by atoms with Crippen molar-refractivity contribution in [3.63, 3.8) is 0 Å². The van der Waals surface area contributed by atoms with Gasteiger partial charge in [-0.2, -0.15) is 0 Å². The van der Waals surface area contributed by atoms with Gasteiger partial charge in [0.1, 0.15) is 6.10 Å². The van der Waals surface area contributed by atoms with Crippen LogP contribution in [0.4, 0.5) is 0 Å². The Morgan fingerprint density at radius 1 is 1.90 bits per heavy atom. The summed E-state index contributed by atoms with van der Waals surface area (Å²) < 4.78 is 0. The number of nitrogens with zero attached hydrogens (tertiary/aromatic N) is 1. The summed E-state index contributed by atoms with van der Waals surface area (Å²) in [5.74, 6) is 0. The van der Waals surface area contributed by atoms with Crippen molar-refractivity contribution in [2.45, 2.75) is 13.0 Å². The van der Waals surface area contributed by atoms with E-state index in [1.165, 1.54) is 0 Å². The molecule has 1 aromatic rings. The third-order valence-electron chi connectivity index (χ3n) is 1.41. The van der Waals surface area contributed by atoms with Crippen molar-refractivity contribution in [3.8, 4) is 0 Å². The summed E-state index contributed by atoms with van der Waals surface area (Å²) in [7, 11) is 0. The molecule has 1 unspecified atom stereocenters. The highest BCUT2D eigenvalue weighted by atomic mass is 16.3.